The second-order valence-electron chi connectivity index (χ2n) is 9.41. The van der Waals surface area contributed by atoms with Crippen molar-refractivity contribution in [2.45, 2.75) is 62.9 Å². The van der Waals surface area contributed by atoms with Gasteiger partial charge in [-0.2, -0.15) is 0 Å². The second kappa shape index (κ2) is 7.17. The standard InChI is InChI=1S/C26H24O7/c1-11-7-12(8-21(31)32-11)33-20-10-19(30)26-22-14-3-2-4-16(27)23(14)18(29)9-15(22)13-5-6-17(28)25(20)24(13)26/h2-6,11-12,15,19-20,27-28,30H,7-10H2,1H3/t11?,12?,15-,19+,20-/m1/s1. The molecule has 1 saturated heterocycles. The van der Waals surface area contributed by atoms with E-state index in [0.717, 1.165) is 16.7 Å². The van der Waals surface area contributed by atoms with E-state index in [1.807, 2.05) is 13.0 Å². The van der Waals surface area contributed by atoms with Crippen LogP contribution >= 0.6 is 0 Å². The molecule has 1 heterocycles. The molecule has 3 N–H and O–H groups in total. The van der Waals surface area contributed by atoms with Crippen molar-refractivity contribution in [2.75, 3.05) is 0 Å². The lowest BCUT2D eigenvalue weighted by Gasteiger charge is -2.35. The average Bonchev–Trinajstić information content (AvgIpc) is 3.07. The average molecular weight is 448 g/mol. The topological polar surface area (TPSA) is 113 Å². The Kier molecular flexibility index (Phi) is 4.44. The number of phenolic OH excluding ortho intramolecular Hbond substituents is 2. The SMILES string of the molecule is CC1CC(O[C@@H]2C[C@H](O)C3=C4c5cccc(O)c5C(=O)C[C@@H]4c4ccc(O)c2c43)CC(=O)O1. The van der Waals surface area contributed by atoms with E-state index in [1.165, 1.54) is 6.07 Å². The molecule has 0 aromatic heterocycles. The van der Waals surface area contributed by atoms with E-state index in [9.17, 15) is 24.9 Å². The molecule has 6 rings (SSSR count). The van der Waals surface area contributed by atoms with Crippen molar-refractivity contribution in [3.05, 3.63) is 58.1 Å². The molecule has 2 unspecified atom stereocenters. The van der Waals surface area contributed by atoms with E-state index in [4.69, 9.17) is 9.47 Å². The summed E-state index contributed by atoms with van der Waals surface area (Å²) >= 11 is 0. The minimum atomic E-state index is -0.876. The largest absolute Gasteiger partial charge is 0.508 e. The first-order valence-electron chi connectivity index (χ1n) is 11.3. The lowest BCUT2D eigenvalue weighted by Crippen LogP contribution is -2.35. The van der Waals surface area contributed by atoms with Gasteiger partial charge < -0.3 is 24.8 Å². The van der Waals surface area contributed by atoms with Crippen LogP contribution in [0.2, 0.25) is 0 Å². The number of fused-ring (bicyclic) bond motifs is 4. The van der Waals surface area contributed by atoms with Crippen molar-refractivity contribution in [2.24, 2.45) is 0 Å². The Hall–Kier alpha value is -3.16. The van der Waals surface area contributed by atoms with Crippen molar-refractivity contribution in [1.29, 1.82) is 0 Å². The predicted octanol–water partition coefficient (Wildman–Crippen LogP) is 3.61. The molecule has 33 heavy (non-hydrogen) atoms. The Labute approximate surface area is 190 Å². The highest BCUT2D eigenvalue weighted by molar-refractivity contribution is 6.14. The summed E-state index contributed by atoms with van der Waals surface area (Å²) in [5.74, 6) is -0.713. The first-order valence-corrected chi connectivity index (χ1v) is 11.3. The molecule has 2 aromatic rings. The first-order chi connectivity index (χ1) is 15.8. The van der Waals surface area contributed by atoms with Crippen LogP contribution in [0.3, 0.4) is 0 Å². The van der Waals surface area contributed by atoms with E-state index in [1.54, 1.807) is 18.2 Å². The summed E-state index contributed by atoms with van der Waals surface area (Å²) < 4.78 is 11.5. The summed E-state index contributed by atoms with van der Waals surface area (Å²) in [5.41, 5.74) is 4.65. The molecule has 0 bridgehead atoms. The molecule has 0 amide bonds. The Morgan fingerprint density at radius 1 is 0.970 bits per heavy atom. The maximum absolute atomic E-state index is 12.9. The normalized spacial score (nSPS) is 29.9. The van der Waals surface area contributed by atoms with Crippen LogP contribution in [0.5, 0.6) is 11.5 Å². The second-order valence-corrected chi connectivity index (χ2v) is 9.41. The minimum absolute atomic E-state index is 0.0621. The van der Waals surface area contributed by atoms with Crippen molar-refractivity contribution in [3.8, 4) is 11.5 Å². The van der Waals surface area contributed by atoms with Crippen LogP contribution in [-0.4, -0.2) is 45.4 Å². The number of Topliss-reactive ketones (excluding diaryl/α,β-unsaturated/α-hetero) is 1. The number of carbonyl (C=O) groups is 2. The summed E-state index contributed by atoms with van der Waals surface area (Å²) in [6, 6.07) is 8.42. The van der Waals surface area contributed by atoms with Gasteiger partial charge in [0, 0.05) is 30.7 Å². The Balaban J connectivity index is 1.50. The molecule has 1 fully saturated rings. The number of carbonyl (C=O) groups excluding carboxylic acids is 2. The number of benzene rings is 2. The number of aliphatic hydroxyl groups is 1. The lowest BCUT2D eigenvalue weighted by molar-refractivity contribution is -0.165. The fraction of sp³-hybridized carbons (Fsp3) is 0.385. The Bertz CT molecular complexity index is 1240. The molecule has 0 saturated carbocycles. The highest BCUT2D eigenvalue weighted by Gasteiger charge is 2.47. The molecule has 2 aromatic carbocycles. The van der Waals surface area contributed by atoms with Gasteiger partial charge in [0.05, 0.1) is 30.3 Å². The van der Waals surface area contributed by atoms with Gasteiger partial charge in [-0.1, -0.05) is 18.2 Å². The zero-order valence-corrected chi connectivity index (χ0v) is 18.1. The molecular weight excluding hydrogens is 424 g/mol. The summed E-state index contributed by atoms with van der Waals surface area (Å²) in [7, 11) is 0. The zero-order chi connectivity index (χ0) is 23.0. The van der Waals surface area contributed by atoms with Crippen LogP contribution < -0.4 is 0 Å². The molecule has 7 heteroatoms. The van der Waals surface area contributed by atoms with Crippen LogP contribution in [0.15, 0.2) is 30.3 Å². The number of aliphatic hydroxyl groups excluding tert-OH is 1. The number of cyclic esters (lactones) is 1. The van der Waals surface area contributed by atoms with Crippen LogP contribution in [0.4, 0.5) is 0 Å². The van der Waals surface area contributed by atoms with Crippen molar-refractivity contribution >= 4 is 22.9 Å². The van der Waals surface area contributed by atoms with Crippen LogP contribution in [0.25, 0.3) is 11.1 Å². The summed E-state index contributed by atoms with van der Waals surface area (Å²) in [6.07, 6.45) is -1.01. The van der Waals surface area contributed by atoms with Crippen LogP contribution in [-0.2, 0) is 14.3 Å². The predicted molar refractivity (Wildman–Crippen MR) is 118 cm³/mol. The van der Waals surface area contributed by atoms with Crippen molar-refractivity contribution in [3.63, 3.8) is 0 Å². The van der Waals surface area contributed by atoms with Gasteiger partial charge >= 0.3 is 5.97 Å². The monoisotopic (exact) mass is 448 g/mol. The molecule has 170 valence electrons. The molecule has 0 radical (unpaired) electrons. The smallest absolute Gasteiger partial charge is 0.308 e. The number of hydrogen-bond acceptors (Lipinski definition) is 7. The first kappa shape index (κ1) is 20.4. The van der Waals surface area contributed by atoms with E-state index >= 15 is 0 Å². The van der Waals surface area contributed by atoms with E-state index in [-0.39, 0.29) is 66.2 Å². The Morgan fingerprint density at radius 3 is 2.58 bits per heavy atom. The Morgan fingerprint density at radius 2 is 1.79 bits per heavy atom. The summed E-state index contributed by atoms with van der Waals surface area (Å²) in [6.45, 7) is 1.82. The molecule has 0 spiro atoms. The molecule has 1 aliphatic heterocycles. The van der Waals surface area contributed by atoms with Gasteiger partial charge in [-0.15, -0.1) is 0 Å². The zero-order valence-electron chi connectivity index (χ0n) is 18.1. The third-order valence-corrected chi connectivity index (χ3v) is 7.31. The minimum Gasteiger partial charge on any atom is -0.508 e. The number of aromatic hydroxyl groups is 2. The fourth-order valence-electron chi connectivity index (χ4n) is 6.11. The lowest BCUT2D eigenvalue weighted by atomic mass is 9.77. The highest BCUT2D eigenvalue weighted by Crippen LogP contribution is 2.60. The fourth-order valence-corrected chi connectivity index (χ4v) is 6.11. The maximum atomic E-state index is 12.9. The summed E-state index contributed by atoms with van der Waals surface area (Å²) in [5, 5.41) is 32.5. The third kappa shape index (κ3) is 2.96. The third-order valence-electron chi connectivity index (χ3n) is 7.31. The van der Waals surface area contributed by atoms with E-state index in [0.29, 0.717) is 23.1 Å². The molecule has 4 aliphatic rings. The summed E-state index contributed by atoms with van der Waals surface area (Å²) in [4.78, 5) is 24.8. The van der Waals surface area contributed by atoms with Gasteiger partial charge in [0.15, 0.2) is 5.78 Å². The highest BCUT2D eigenvalue weighted by atomic mass is 16.6. The van der Waals surface area contributed by atoms with Gasteiger partial charge in [-0.3, -0.25) is 9.59 Å². The number of ketones is 1. The van der Waals surface area contributed by atoms with Crippen molar-refractivity contribution in [1.82, 2.24) is 0 Å². The van der Waals surface area contributed by atoms with E-state index < -0.39 is 12.2 Å². The van der Waals surface area contributed by atoms with Gasteiger partial charge in [0.1, 0.15) is 17.6 Å². The van der Waals surface area contributed by atoms with Gasteiger partial charge in [0.25, 0.3) is 0 Å². The van der Waals surface area contributed by atoms with E-state index in [2.05, 4.69) is 0 Å². The molecule has 3 aliphatic carbocycles. The molecular formula is C26H24O7. The number of hydrogen-bond donors (Lipinski definition) is 3. The number of allylic oxidation sites excluding steroid dienone is 1. The number of ether oxygens (including phenoxy) is 2. The number of phenols is 2. The van der Waals surface area contributed by atoms with Crippen LogP contribution in [0.1, 0.15) is 77.2 Å². The van der Waals surface area contributed by atoms with Crippen LogP contribution in [0, 0.1) is 0 Å². The maximum Gasteiger partial charge on any atom is 0.308 e. The number of rotatable bonds is 2. The quantitative estimate of drug-likeness (QED) is 0.602. The molecule has 5 atom stereocenters. The molecule has 7 nitrogen and oxygen atoms in total. The van der Waals surface area contributed by atoms with Gasteiger partial charge in [-0.05, 0) is 46.9 Å². The number of esters is 1. The van der Waals surface area contributed by atoms with Gasteiger partial charge in [0.2, 0.25) is 0 Å². The van der Waals surface area contributed by atoms with Gasteiger partial charge in [-0.25, -0.2) is 0 Å². The van der Waals surface area contributed by atoms with Crippen molar-refractivity contribution < 1.29 is 34.4 Å².